The summed E-state index contributed by atoms with van der Waals surface area (Å²) in [5.41, 5.74) is 0. The largest absolute Gasteiger partial charge is 0.388 e. The smallest absolute Gasteiger partial charge is 0.115 e. The highest BCUT2D eigenvalue weighted by molar-refractivity contribution is 4.90. The molecular formula is C7H13O4. The minimum absolute atomic E-state index is 0.316. The van der Waals surface area contributed by atoms with E-state index in [2.05, 4.69) is 0 Å². The third-order valence-corrected chi connectivity index (χ3v) is 1.86. The number of hydrogen-bond donors (Lipinski definition) is 2. The highest BCUT2D eigenvalue weighted by Crippen LogP contribution is 2.19. The van der Waals surface area contributed by atoms with Crippen molar-refractivity contribution in [3.63, 3.8) is 0 Å². The van der Waals surface area contributed by atoms with E-state index in [0.29, 0.717) is 0 Å². The van der Waals surface area contributed by atoms with Gasteiger partial charge in [0.1, 0.15) is 24.9 Å². The van der Waals surface area contributed by atoms with Gasteiger partial charge < -0.3 is 19.7 Å². The van der Waals surface area contributed by atoms with Crippen LogP contribution in [-0.2, 0) is 9.47 Å². The summed E-state index contributed by atoms with van der Waals surface area (Å²) in [7, 11) is 1.45. The van der Waals surface area contributed by atoms with Crippen molar-refractivity contribution in [3.05, 3.63) is 6.61 Å². The number of methoxy groups -OCH3 is 1. The lowest BCUT2D eigenvalue weighted by Crippen LogP contribution is -2.50. The van der Waals surface area contributed by atoms with Gasteiger partial charge in [-0.25, -0.2) is 0 Å². The average Bonchev–Trinajstić information content (AvgIpc) is 1.99. The van der Waals surface area contributed by atoms with Gasteiger partial charge in [0.15, 0.2) is 0 Å². The van der Waals surface area contributed by atoms with Crippen LogP contribution in [0.5, 0.6) is 0 Å². The van der Waals surface area contributed by atoms with Crippen LogP contribution in [0.25, 0.3) is 0 Å². The molecule has 0 aliphatic carbocycles. The van der Waals surface area contributed by atoms with Crippen molar-refractivity contribution < 1.29 is 19.7 Å². The van der Waals surface area contributed by atoms with E-state index >= 15 is 0 Å². The van der Waals surface area contributed by atoms with Crippen molar-refractivity contribution in [2.75, 3.05) is 7.11 Å². The summed E-state index contributed by atoms with van der Waals surface area (Å²) in [5.74, 6) is 0. The van der Waals surface area contributed by atoms with Crippen LogP contribution in [0.2, 0.25) is 0 Å². The molecule has 1 aliphatic heterocycles. The number of aliphatic hydroxyl groups excluding tert-OH is 2. The van der Waals surface area contributed by atoms with E-state index in [4.69, 9.17) is 9.47 Å². The van der Waals surface area contributed by atoms with Gasteiger partial charge in [-0.05, 0) is 6.92 Å². The van der Waals surface area contributed by atoms with Crippen molar-refractivity contribution in [2.24, 2.45) is 0 Å². The van der Waals surface area contributed by atoms with Crippen LogP contribution < -0.4 is 0 Å². The van der Waals surface area contributed by atoms with Gasteiger partial charge in [-0.1, -0.05) is 0 Å². The van der Waals surface area contributed by atoms with Gasteiger partial charge in [-0.3, -0.25) is 0 Å². The van der Waals surface area contributed by atoms with E-state index < -0.39 is 18.3 Å². The second-order valence-corrected chi connectivity index (χ2v) is 2.66. The number of rotatable bonds is 1. The van der Waals surface area contributed by atoms with Gasteiger partial charge >= 0.3 is 0 Å². The molecule has 1 saturated heterocycles. The molecule has 0 saturated carbocycles. The Balaban J connectivity index is 2.55. The maximum absolute atomic E-state index is 9.38. The monoisotopic (exact) mass is 161 g/mol. The van der Waals surface area contributed by atoms with Crippen molar-refractivity contribution in [3.8, 4) is 0 Å². The molecule has 4 atom stereocenters. The second kappa shape index (κ2) is 3.49. The van der Waals surface area contributed by atoms with Crippen LogP contribution in [0.15, 0.2) is 0 Å². The highest BCUT2D eigenvalue weighted by atomic mass is 16.5. The normalized spacial score (nSPS) is 45.8. The topological polar surface area (TPSA) is 58.9 Å². The zero-order valence-electron chi connectivity index (χ0n) is 6.60. The average molecular weight is 161 g/mol. The molecule has 0 spiro atoms. The van der Waals surface area contributed by atoms with Crippen molar-refractivity contribution >= 4 is 0 Å². The summed E-state index contributed by atoms with van der Waals surface area (Å²) in [6.45, 7) is 3.00. The molecule has 4 nitrogen and oxygen atoms in total. The Morgan fingerprint density at radius 3 is 2.55 bits per heavy atom. The van der Waals surface area contributed by atoms with E-state index in [9.17, 15) is 10.2 Å². The van der Waals surface area contributed by atoms with Gasteiger partial charge in [-0.2, -0.15) is 0 Å². The molecule has 1 rings (SSSR count). The summed E-state index contributed by atoms with van der Waals surface area (Å²) >= 11 is 0. The number of aliphatic hydroxyl groups is 2. The lowest BCUT2D eigenvalue weighted by Gasteiger charge is -2.34. The summed E-state index contributed by atoms with van der Waals surface area (Å²) in [5, 5.41) is 18.6. The van der Waals surface area contributed by atoms with E-state index in [0.717, 1.165) is 0 Å². The quantitative estimate of drug-likeness (QED) is 0.534. The van der Waals surface area contributed by atoms with Gasteiger partial charge in [-0.15, -0.1) is 0 Å². The van der Waals surface area contributed by atoms with Crippen molar-refractivity contribution in [2.45, 2.75) is 31.3 Å². The zero-order valence-corrected chi connectivity index (χ0v) is 6.60. The van der Waals surface area contributed by atoms with Crippen LogP contribution in [0.1, 0.15) is 6.92 Å². The second-order valence-electron chi connectivity index (χ2n) is 2.66. The first kappa shape index (κ1) is 8.93. The Labute approximate surface area is 65.7 Å². The van der Waals surface area contributed by atoms with Gasteiger partial charge in [0.25, 0.3) is 0 Å². The summed E-state index contributed by atoms with van der Waals surface area (Å²) in [6.07, 6.45) is -2.49. The fourth-order valence-electron chi connectivity index (χ4n) is 1.11. The van der Waals surface area contributed by atoms with E-state index in [1.54, 1.807) is 6.92 Å². The Morgan fingerprint density at radius 2 is 2.09 bits per heavy atom. The maximum Gasteiger partial charge on any atom is 0.115 e. The third-order valence-electron chi connectivity index (χ3n) is 1.86. The fourth-order valence-corrected chi connectivity index (χ4v) is 1.11. The molecule has 0 bridgehead atoms. The molecule has 4 heteroatoms. The number of ether oxygens (including phenoxy) is 2. The molecule has 65 valence electrons. The predicted octanol–water partition coefficient (Wildman–Crippen LogP) is -0.696. The molecule has 1 aliphatic rings. The Kier molecular flexibility index (Phi) is 2.84. The van der Waals surface area contributed by atoms with Gasteiger partial charge in [0.2, 0.25) is 0 Å². The molecule has 0 aromatic rings. The molecule has 11 heavy (non-hydrogen) atoms. The molecule has 0 aromatic heterocycles. The standard InChI is InChI=1S/C7H13O4/c1-4-6(9)7(10-2)5(8)3-11-4/h3-9H,1-2H3/t4-,5-,6-,7-/m0/s1. The van der Waals surface area contributed by atoms with Crippen LogP contribution in [0, 0.1) is 6.61 Å². The predicted molar refractivity (Wildman–Crippen MR) is 37.7 cm³/mol. The molecule has 1 fully saturated rings. The number of hydrogen-bond acceptors (Lipinski definition) is 4. The van der Waals surface area contributed by atoms with Crippen LogP contribution >= 0.6 is 0 Å². The molecule has 1 heterocycles. The fraction of sp³-hybridized carbons (Fsp3) is 0.857. The molecule has 1 radical (unpaired) electrons. The lowest BCUT2D eigenvalue weighted by molar-refractivity contribution is -0.166. The highest BCUT2D eigenvalue weighted by Gasteiger charge is 2.36. The first-order valence-electron chi connectivity index (χ1n) is 3.54. The summed E-state index contributed by atoms with van der Waals surface area (Å²) < 4.78 is 9.80. The first-order chi connectivity index (χ1) is 5.16. The van der Waals surface area contributed by atoms with E-state index in [-0.39, 0.29) is 6.10 Å². The van der Waals surface area contributed by atoms with Crippen molar-refractivity contribution in [1.29, 1.82) is 0 Å². The minimum Gasteiger partial charge on any atom is -0.388 e. The maximum atomic E-state index is 9.38. The Morgan fingerprint density at radius 1 is 1.45 bits per heavy atom. The van der Waals surface area contributed by atoms with E-state index in [1.165, 1.54) is 13.7 Å². The van der Waals surface area contributed by atoms with E-state index in [1.807, 2.05) is 0 Å². The van der Waals surface area contributed by atoms with Crippen LogP contribution in [0.4, 0.5) is 0 Å². The molecule has 0 aromatic carbocycles. The summed E-state index contributed by atoms with van der Waals surface area (Å²) in [6, 6.07) is 0. The molecule has 0 unspecified atom stereocenters. The molecule has 0 amide bonds. The van der Waals surface area contributed by atoms with Gasteiger partial charge in [0.05, 0.1) is 6.10 Å². The third kappa shape index (κ3) is 1.70. The molecule has 2 N–H and O–H groups in total. The van der Waals surface area contributed by atoms with Gasteiger partial charge in [0, 0.05) is 7.11 Å². The summed E-state index contributed by atoms with van der Waals surface area (Å²) in [4.78, 5) is 0. The van der Waals surface area contributed by atoms with Crippen molar-refractivity contribution in [1.82, 2.24) is 0 Å². The Hall–Kier alpha value is -0.160. The van der Waals surface area contributed by atoms with Crippen LogP contribution in [-0.4, -0.2) is 41.7 Å². The van der Waals surface area contributed by atoms with Crippen LogP contribution in [0.3, 0.4) is 0 Å². The zero-order chi connectivity index (χ0) is 8.43. The minimum atomic E-state index is -0.841. The Bertz CT molecular complexity index is 128. The lowest BCUT2D eigenvalue weighted by atomic mass is 10.0. The molecular weight excluding hydrogens is 148 g/mol. The SMILES string of the molecule is CO[C@@H]1[C@@H](O)[C@H](C)O[CH][C@@H]1O. The first-order valence-corrected chi connectivity index (χ1v) is 3.54.